The average molecular weight is 331 g/mol. The van der Waals surface area contributed by atoms with Crippen LogP contribution in [0.5, 0.6) is 0 Å². The van der Waals surface area contributed by atoms with Gasteiger partial charge >= 0.3 is 6.03 Å². The van der Waals surface area contributed by atoms with Gasteiger partial charge in [0.15, 0.2) is 0 Å². The van der Waals surface area contributed by atoms with Gasteiger partial charge < -0.3 is 15.4 Å². The topological polar surface area (TPSA) is 87.7 Å². The molecular weight excluding hydrogens is 310 g/mol. The van der Waals surface area contributed by atoms with Crippen molar-refractivity contribution in [3.63, 3.8) is 0 Å². The summed E-state index contributed by atoms with van der Waals surface area (Å²) in [6, 6.07) is 6.56. The Morgan fingerprint density at radius 1 is 1.29 bits per heavy atom. The standard InChI is InChI=1S/C17H21N3O4/c21-15-9-19-17(23)20(15)10-12-3-5-14(6-4-12)16(22)18-8-13-2-1-7-24-11-13/h3-6,13H,1-2,7-11H2,(H,18,22)(H,19,23)/t13-/m0/s1. The molecule has 0 spiro atoms. The molecule has 2 N–H and O–H groups in total. The summed E-state index contributed by atoms with van der Waals surface area (Å²) in [5.74, 6) is 0.0142. The maximum Gasteiger partial charge on any atom is 0.324 e. The van der Waals surface area contributed by atoms with Gasteiger partial charge in [-0.3, -0.25) is 14.5 Å². The van der Waals surface area contributed by atoms with Crippen LogP contribution in [0.1, 0.15) is 28.8 Å². The molecule has 0 unspecified atom stereocenters. The summed E-state index contributed by atoms with van der Waals surface area (Å²) < 4.78 is 5.40. The summed E-state index contributed by atoms with van der Waals surface area (Å²) in [5, 5.41) is 5.41. The first kappa shape index (κ1) is 16.4. The fraction of sp³-hybridized carbons (Fsp3) is 0.471. The lowest BCUT2D eigenvalue weighted by molar-refractivity contribution is -0.125. The Morgan fingerprint density at radius 2 is 2.08 bits per heavy atom. The van der Waals surface area contributed by atoms with Crippen LogP contribution in [-0.4, -0.2) is 49.0 Å². The number of carbonyl (C=O) groups excluding carboxylic acids is 3. The number of hydrogen-bond acceptors (Lipinski definition) is 4. The lowest BCUT2D eigenvalue weighted by Crippen LogP contribution is -2.33. The van der Waals surface area contributed by atoms with E-state index in [2.05, 4.69) is 10.6 Å². The number of nitrogens with zero attached hydrogens (tertiary/aromatic N) is 1. The van der Waals surface area contributed by atoms with Crippen LogP contribution in [0.25, 0.3) is 0 Å². The first-order valence-electron chi connectivity index (χ1n) is 8.16. The van der Waals surface area contributed by atoms with Crippen LogP contribution in [0.4, 0.5) is 4.79 Å². The van der Waals surface area contributed by atoms with E-state index in [1.165, 1.54) is 0 Å². The van der Waals surface area contributed by atoms with E-state index in [-0.39, 0.29) is 30.9 Å². The monoisotopic (exact) mass is 331 g/mol. The number of rotatable bonds is 5. The van der Waals surface area contributed by atoms with Crippen LogP contribution >= 0.6 is 0 Å². The van der Waals surface area contributed by atoms with Crippen LogP contribution in [0, 0.1) is 5.92 Å². The first-order chi connectivity index (χ1) is 11.6. The van der Waals surface area contributed by atoms with Gasteiger partial charge in [0.1, 0.15) is 0 Å². The van der Waals surface area contributed by atoms with Crippen molar-refractivity contribution in [2.75, 3.05) is 26.3 Å². The van der Waals surface area contributed by atoms with Gasteiger partial charge in [-0.25, -0.2) is 4.79 Å². The van der Waals surface area contributed by atoms with Gasteiger partial charge in [-0.05, 0) is 36.5 Å². The maximum absolute atomic E-state index is 12.2. The number of carbonyl (C=O) groups is 3. The molecule has 1 aromatic rings. The van der Waals surface area contributed by atoms with Crippen molar-refractivity contribution >= 4 is 17.8 Å². The second kappa shape index (κ2) is 7.44. The van der Waals surface area contributed by atoms with Crippen molar-refractivity contribution < 1.29 is 19.1 Å². The lowest BCUT2D eigenvalue weighted by atomic mass is 10.0. The van der Waals surface area contributed by atoms with Gasteiger partial charge in [0.05, 0.1) is 19.7 Å². The SMILES string of the molecule is O=C(NC[C@@H]1CCCOC1)c1ccc(CN2C(=O)CNC2=O)cc1. The number of urea groups is 1. The number of nitrogens with one attached hydrogen (secondary N) is 2. The van der Waals surface area contributed by atoms with Gasteiger partial charge in [-0.1, -0.05) is 12.1 Å². The fourth-order valence-electron chi connectivity index (χ4n) is 2.87. The highest BCUT2D eigenvalue weighted by Crippen LogP contribution is 2.13. The van der Waals surface area contributed by atoms with Crippen LogP contribution in [-0.2, 0) is 16.1 Å². The molecule has 1 aromatic carbocycles. The number of benzene rings is 1. The molecule has 0 bridgehead atoms. The molecule has 7 nitrogen and oxygen atoms in total. The van der Waals surface area contributed by atoms with E-state index in [0.717, 1.165) is 29.9 Å². The fourth-order valence-corrected chi connectivity index (χ4v) is 2.87. The second-order valence-electron chi connectivity index (χ2n) is 6.13. The molecule has 0 saturated carbocycles. The Hall–Kier alpha value is -2.41. The highest BCUT2D eigenvalue weighted by Gasteiger charge is 2.28. The second-order valence-corrected chi connectivity index (χ2v) is 6.13. The van der Waals surface area contributed by atoms with E-state index in [0.29, 0.717) is 24.6 Å². The predicted octanol–water partition coefficient (Wildman–Crippen LogP) is 0.895. The highest BCUT2D eigenvalue weighted by atomic mass is 16.5. The van der Waals surface area contributed by atoms with Crippen LogP contribution in [0.15, 0.2) is 24.3 Å². The molecule has 2 fully saturated rings. The molecule has 2 aliphatic heterocycles. The minimum absolute atomic E-state index is 0.0458. The van der Waals surface area contributed by atoms with E-state index in [1.807, 2.05) is 0 Å². The van der Waals surface area contributed by atoms with Gasteiger partial charge in [0.2, 0.25) is 5.91 Å². The summed E-state index contributed by atoms with van der Waals surface area (Å²) >= 11 is 0. The third-order valence-corrected chi connectivity index (χ3v) is 4.30. The molecule has 4 amide bonds. The van der Waals surface area contributed by atoms with Gasteiger partial charge in [-0.2, -0.15) is 0 Å². The zero-order chi connectivity index (χ0) is 16.9. The summed E-state index contributed by atoms with van der Waals surface area (Å²) in [5.41, 5.74) is 1.37. The molecule has 0 aliphatic carbocycles. The van der Waals surface area contributed by atoms with Crippen molar-refractivity contribution in [3.8, 4) is 0 Å². The molecule has 7 heteroatoms. The number of hydrogen-bond donors (Lipinski definition) is 2. The normalized spacial score (nSPS) is 20.8. The first-order valence-corrected chi connectivity index (χ1v) is 8.16. The molecule has 2 heterocycles. The van der Waals surface area contributed by atoms with Crippen molar-refractivity contribution in [2.45, 2.75) is 19.4 Å². The Kier molecular flexibility index (Phi) is 5.10. The van der Waals surface area contributed by atoms with Crippen molar-refractivity contribution in [2.24, 2.45) is 5.92 Å². The highest BCUT2D eigenvalue weighted by molar-refractivity contribution is 6.01. The van der Waals surface area contributed by atoms with Gasteiger partial charge in [-0.15, -0.1) is 0 Å². The minimum Gasteiger partial charge on any atom is -0.381 e. The van der Waals surface area contributed by atoms with Crippen LogP contribution in [0.3, 0.4) is 0 Å². The van der Waals surface area contributed by atoms with E-state index >= 15 is 0 Å². The van der Waals surface area contributed by atoms with Crippen LogP contribution in [0.2, 0.25) is 0 Å². The Balaban J connectivity index is 1.52. The van der Waals surface area contributed by atoms with E-state index < -0.39 is 0 Å². The molecule has 2 saturated heterocycles. The quantitative estimate of drug-likeness (QED) is 0.785. The zero-order valence-corrected chi connectivity index (χ0v) is 13.4. The third-order valence-electron chi connectivity index (χ3n) is 4.30. The predicted molar refractivity (Wildman–Crippen MR) is 86.3 cm³/mol. The molecule has 2 aliphatic rings. The molecule has 24 heavy (non-hydrogen) atoms. The summed E-state index contributed by atoms with van der Waals surface area (Å²) in [4.78, 5) is 36.4. The van der Waals surface area contributed by atoms with Crippen molar-refractivity contribution in [1.29, 1.82) is 0 Å². The Bertz CT molecular complexity index is 607. The minimum atomic E-state index is -0.378. The zero-order valence-electron chi connectivity index (χ0n) is 13.4. The Labute approximate surface area is 140 Å². The summed E-state index contributed by atoms with van der Waals surface area (Å²) in [6.45, 7) is 2.38. The summed E-state index contributed by atoms with van der Waals surface area (Å²) in [6.07, 6.45) is 2.11. The molecule has 128 valence electrons. The Morgan fingerprint density at radius 3 is 2.71 bits per heavy atom. The van der Waals surface area contributed by atoms with Crippen molar-refractivity contribution in [3.05, 3.63) is 35.4 Å². The molecular formula is C17H21N3O4. The smallest absolute Gasteiger partial charge is 0.324 e. The molecule has 0 radical (unpaired) electrons. The molecule has 3 rings (SSSR count). The maximum atomic E-state index is 12.2. The molecule has 0 aromatic heterocycles. The van der Waals surface area contributed by atoms with Gasteiger partial charge in [0, 0.05) is 18.7 Å². The van der Waals surface area contributed by atoms with Gasteiger partial charge in [0.25, 0.3) is 5.91 Å². The summed E-state index contributed by atoms with van der Waals surface area (Å²) in [7, 11) is 0. The number of amides is 4. The lowest BCUT2D eigenvalue weighted by Gasteiger charge is -2.22. The molecule has 1 atom stereocenters. The largest absolute Gasteiger partial charge is 0.381 e. The van der Waals surface area contributed by atoms with Crippen LogP contribution < -0.4 is 10.6 Å². The number of imide groups is 1. The van der Waals surface area contributed by atoms with E-state index in [1.54, 1.807) is 24.3 Å². The average Bonchev–Trinajstić information content (AvgIpc) is 2.93. The van der Waals surface area contributed by atoms with E-state index in [4.69, 9.17) is 4.74 Å². The van der Waals surface area contributed by atoms with E-state index in [9.17, 15) is 14.4 Å². The number of ether oxygens (including phenoxy) is 1. The van der Waals surface area contributed by atoms with Crippen molar-refractivity contribution in [1.82, 2.24) is 15.5 Å². The third kappa shape index (κ3) is 3.91.